The molecule has 3 rings (SSSR count). The van der Waals surface area contributed by atoms with Gasteiger partial charge in [-0.25, -0.2) is 9.37 Å². The fraction of sp³-hybridized carbons (Fsp3) is 0. The van der Waals surface area contributed by atoms with E-state index in [0.29, 0.717) is 21.5 Å². The first-order valence-corrected chi connectivity index (χ1v) is 7.47. The molecular weight excluding hydrogens is 369 g/mol. The molecule has 0 spiro atoms. The lowest BCUT2D eigenvalue weighted by Crippen LogP contribution is -1.98. The summed E-state index contributed by atoms with van der Waals surface area (Å²) in [5, 5.41) is 13.3. The summed E-state index contributed by atoms with van der Waals surface area (Å²) >= 11 is 9.11. The van der Waals surface area contributed by atoms with Gasteiger partial charge in [0.05, 0.1) is 16.2 Å². The average molecular weight is 377 g/mol. The van der Waals surface area contributed by atoms with Crippen molar-refractivity contribution in [3.8, 4) is 6.07 Å². The number of fused-ring (bicyclic) bond motifs is 1. The Hall–Kier alpha value is -2.16. The molecule has 6 heteroatoms. The average Bonchev–Trinajstić information content (AvgIpc) is 2.51. The molecule has 0 radical (unpaired) electrons. The molecule has 0 aliphatic carbocycles. The van der Waals surface area contributed by atoms with Crippen LogP contribution in [0.4, 0.5) is 15.8 Å². The van der Waals surface area contributed by atoms with Crippen LogP contribution < -0.4 is 5.32 Å². The van der Waals surface area contributed by atoms with Crippen LogP contribution in [0.1, 0.15) is 5.56 Å². The molecule has 0 unspecified atom stereocenters. The first kappa shape index (κ1) is 14.8. The van der Waals surface area contributed by atoms with Crippen molar-refractivity contribution < 1.29 is 4.39 Å². The van der Waals surface area contributed by atoms with E-state index >= 15 is 0 Å². The van der Waals surface area contributed by atoms with Crippen LogP contribution in [0.5, 0.6) is 0 Å². The third-order valence-corrected chi connectivity index (χ3v) is 4.01. The first-order valence-electron chi connectivity index (χ1n) is 6.30. The number of para-hydroxylation sites is 1. The van der Waals surface area contributed by atoms with Gasteiger partial charge in [-0.1, -0.05) is 29.8 Å². The Morgan fingerprint density at radius 2 is 2.00 bits per heavy atom. The fourth-order valence-electron chi connectivity index (χ4n) is 2.13. The Morgan fingerprint density at radius 1 is 1.23 bits per heavy atom. The molecule has 3 nitrogen and oxygen atoms in total. The van der Waals surface area contributed by atoms with Gasteiger partial charge in [0.25, 0.3) is 0 Å². The summed E-state index contributed by atoms with van der Waals surface area (Å²) < 4.78 is 13.7. The van der Waals surface area contributed by atoms with Crippen LogP contribution in [0, 0.1) is 17.1 Å². The molecule has 0 amide bonds. The summed E-state index contributed by atoms with van der Waals surface area (Å²) in [6.07, 6.45) is 0. The van der Waals surface area contributed by atoms with Crippen molar-refractivity contribution >= 4 is 49.8 Å². The highest BCUT2D eigenvalue weighted by Gasteiger charge is 2.14. The number of pyridine rings is 1. The second kappa shape index (κ2) is 5.91. The number of hydrogen-bond donors (Lipinski definition) is 1. The molecule has 1 aromatic heterocycles. The maximum Gasteiger partial charge on any atom is 0.141 e. The zero-order valence-corrected chi connectivity index (χ0v) is 13.4. The van der Waals surface area contributed by atoms with E-state index in [-0.39, 0.29) is 5.02 Å². The number of nitrogens with zero attached hydrogens (tertiary/aromatic N) is 2. The SMILES string of the molecule is N#Cc1c(Br)nc2ccccc2c1Nc1ccc(F)c(Cl)c1. The minimum absolute atomic E-state index is 0.0148. The van der Waals surface area contributed by atoms with E-state index in [2.05, 4.69) is 32.3 Å². The number of halogens is 3. The molecule has 0 bridgehead atoms. The standard InChI is InChI=1S/C16H8BrClFN3/c17-16-11(8-20)15(10-3-1-2-4-14(10)22-16)21-9-5-6-13(19)12(18)7-9/h1-7H,(H,21,22). The molecule has 22 heavy (non-hydrogen) atoms. The van der Waals surface area contributed by atoms with E-state index in [4.69, 9.17) is 11.6 Å². The Labute approximate surface area is 139 Å². The number of benzene rings is 2. The van der Waals surface area contributed by atoms with Crippen molar-refractivity contribution in [3.63, 3.8) is 0 Å². The molecule has 0 saturated heterocycles. The largest absolute Gasteiger partial charge is 0.354 e. The lowest BCUT2D eigenvalue weighted by atomic mass is 10.1. The van der Waals surface area contributed by atoms with Crippen LogP contribution in [-0.2, 0) is 0 Å². The van der Waals surface area contributed by atoms with Crippen LogP contribution in [0.3, 0.4) is 0 Å². The van der Waals surface area contributed by atoms with Gasteiger partial charge in [-0.05, 0) is 40.2 Å². The van der Waals surface area contributed by atoms with E-state index in [9.17, 15) is 9.65 Å². The van der Waals surface area contributed by atoms with Crippen molar-refractivity contribution in [1.29, 1.82) is 5.26 Å². The molecule has 0 saturated carbocycles. The molecular formula is C16H8BrClFN3. The van der Waals surface area contributed by atoms with Gasteiger partial charge < -0.3 is 5.32 Å². The highest BCUT2D eigenvalue weighted by Crippen LogP contribution is 2.33. The summed E-state index contributed by atoms with van der Waals surface area (Å²) in [7, 11) is 0. The Bertz CT molecular complexity index is 921. The van der Waals surface area contributed by atoms with E-state index < -0.39 is 5.82 Å². The molecule has 108 valence electrons. The van der Waals surface area contributed by atoms with Gasteiger partial charge >= 0.3 is 0 Å². The van der Waals surface area contributed by atoms with E-state index in [0.717, 1.165) is 10.9 Å². The third-order valence-electron chi connectivity index (χ3n) is 3.15. The summed E-state index contributed by atoms with van der Waals surface area (Å²) in [6, 6.07) is 13.9. The lowest BCUT2D eigenvalue weighted by molar-refractivity contribution is 0.628. The Kier molecular flexibility index (Phi) is 3.97. The van der Waals surface area contributed by atoms with Crippen molar-refractivity contribution in [2.75, 3.05) is 5.32 Å². The zero-order chi connectivity index (χ0) is 15.7. The second-order valence-electron chi connectivity index (χ2n) is 4.54. The summed E-state index contributed by atoms with van der Waals surface area (Å²) in [5.74, 6) is -0.492. The Balaban J connectivity index is 2.20. The van der Waals surface area contributed by atoms with Gasteiger partial charge in [0.15, 0.2) is 0 Å². The molecule has 1 heterocycles. The van der Waals surface area contributed by atoms with E-state index in [1.54, 1.807) is 6.07 Å². The van der Waals surface area contributed by atoms with Gasteiger partial charge in [0.1, 0.15) is 22.1 Å². The van der Waals surface area contributed by atoms with Crippen LogP contribution in [0.15, 0.2) is 47.1 Å². The maximum atomic E-state index is 13.3. The first-order chi connectivity index (χ1) is 10.6. The minimum Gasteiger partial charge on any atom is -0.354 e. The predicted octanol–water partition coefficient (Wildman–Crippen LogP) is 5.41. The third kappa shape index (κ3) is 2.63. The summed E-state index contributed by atoms with van der Waals surface area (Å²) in [4.78, 5) is 4.35. The zero-order valence-electron chi connectivity index (χ0n) is 11.1. The number of aromatic nitrogens is 1. The van der Waals surface area contributed by atoms with Gasteiger partial charge in [0, 0.05) is 11.1 Å². The van der Waals surface area contributed by atoms with Crippen molar-refractivity contribution in [2.24, 2.45) is 0 Å². The number of nitriles is 1. The molecule has 0 fully saturated rings. The monoisotopic (exact) mass is 375 g/mol. The summed E-state index contributed by atoms with van der Waals surface area (Å²) in [6.45, 7) is 0. The smallest absolute Gasteiger partial charge is 0.141 e. The van der Waals surface area contributed by atoms with Gasteiger partial charge in [0.2, 0.25) is 0 Å². The van der Waals surface area contributed by atoms with Gasteiger partial charge in [-0.2, -0.15) is 5.26 Å². The number of hydrogen-bond acceptors (Lipinski definition) is 3. The minimum atomic E-state index is -0.492. The number of rotatable bonds is 2. The van der Waals surface area contributed by atoms with Crippen molar-refractivity contribution in [1.82, 2.24) is 4.98 Å². The maximum absolute atomic E-state index is 13.3. The topological polar surface area (TPSA) is 48.7 Å². The Morgan fingerprint density at radius 3 is 2.73 bits per heavy atom. The molecule has 3 aromatic rings. The lowest BCUT2D eigenvalue weighted by Gasteiger charge is -2.13. The second-order valence-corrected chi connectivity index (χ2v) is 5.69. The highest BCUT2D eigenvalue weighted by molar-refractivity contribution is 9.10. The van der Waals surface area contributed by atoms with Crippen molar-refractivity contribution in [2.45, 2.75) is 0 Å². The van der Waals surface area contributed by atoms with Crippen LogP contribution in [0.2, 0.25) is 5.02 Å². The fourth-order valence-corrected chi connectivity index (χ4v) is 2.79. The van der Waals surface area contributed by atoms with E-state index in [1.165, 1.54) is 12.1 Å². The highest BCUT2D eigenvalue weighted by atomic mass is 79.9. The van der Waals surface area contributed by atoms with Crippen molar-refractivity contribution in [3.05, 3.63) is 63.5 Å². The molecule has 1 N–H and O–H groups in total. The normalized spacial score (nSPS) is 10.5. The van der Waals surface area contributed by atoms with Crippen LogP contribution in [-0.4, -0.2) is 4.98 Å². The quantitative estimate of drug-likeness (QED) is 0.609. The summed E-state index contributed by atoms with van der Waals surface area (Å²) in [5.41, 5.74) is 2.30. The van der Waals surface area contributed by atoms with E-state index in [1.807, 2.05) is 24.3 Å². The molecule has 0 atom stereocenters. The molecule has 2 aromatic carbocycles. The molecule has 0 aliphatic heterocycles. The number of nitrogens with one attached hydrogen (secondary N) is 1. The predicted molar refractivity (Wildman–Crippen MR) is 88.9 cm³/mol. The van der Waals surface area contributed by atoms with Gasteiger partial charge in [-0.15, -0.1) is 0 Å². The van der Waals surface area contributed by atoms with Gasteiger partial charge in [-0.3, -0.25) is 0 Å². The molecule has 0 aliphatic rings. The van der Waals surface area contributed by atoms with Crippen LogP contribution >= 0.6 is 27.5 Å². The van der Waals surface area contributed by atoms with Crippen LogP contribution in [0.25, 0.3) is 10.9 Å². The number of anilines is 2.